The Balaban J connectivity index is 3.17. The predicted molar refractivity (Wildman–Crippen MR) is 56.8 cm³/mol. The average molecular weight is 221 g/mol. The number of rotatable bonds is 4. The average Bonchev–Trinajstić information content (AvgIpc) is 2.28. The van der Waals surface area contributed by atoms with Crippen molar-refractivity contribution < 1.29 is 9.66 Å². The van der Waals surface area contributed by atoms with E-state index in [1.54, 1.807) is 0 Å². The summed E-state index contributed by atoms with van der Waals surface area (Å²) >= 11 is 0. The number of benzene rings is 1. The van der Waals surface area contributed by atoms with Gasteiger partial charge in [0.2, 0.25) is 0 Å². The molecule has 0 aliphatic carbocycles. The van der Waals surface area contributed by atoms with Gasteiger partial charge in [-0.05, 0) is 6.07 Å². The number of nitro groups is 1. The standard InChI is InChI=1S/C10H11N3O3/c1-16-10-3-2-7(13(14)15)6-8(10)9(12)4-5-11/h2-3,6,9H,4,12H2,1H3/t9-/m0/s1. The van der Waals surface area contributed by atoms with Crippen molar-refractivity contribution in [1.82, 2.24) is 0 Å². The van der Waals surface area contributed by atoms with Crippen molar-refractivity contribution in [2.24, 2.45) is 5.73 Å². The maximum Gasteiger partial charge on any atom is 0.270 e. The zero-order valence-corrected chi connectivity index (χ0v) is 8.71. The minimum Gasteiger partial charge on any atom is -0.496 e. The van der Waals surface area contributed by atoms with Gasteiger partial charge in [0.15, 0.2) is 0 Å². The second-order valence-electron chi connectivity index (χ2n) is 3.15. The fourth-order valence-corrected chi connectivity index (χ4v) is 1.33. The van der Waals surface area contributed by atoms with Crippen molar-refractivity contribution in [2.45, 2.75) is 12.5 Å². The van der Waals surface area contributed by atoms with Gasteiger partial charge in [-0.2, -0.15) is 5.26 Å². The quantitative estimate of drug-likeness (QED) is 0.613. The summed E-state index contributed by atoms with van der Waals surface area (Å²) < 4.78 is 5.04. The molecule has 0 amide bonds. The molecule has 0 fully saturated rings. The van der Waals surface area contributed by atoms with Crippen LogP contribution < -0.4 is 10.5 Å². The van der Waals surface area contributed by atoms with Crippen LogP contribution in [-0.2, 0) is 0 Å². The highest BCUT2D eigenvalue weighted by atomic mass is 16.6. The first-order valence-corrected chi connectivity index (χ1v) is 4.55. The lowest BCUT2D eigenvalue weighted by Crippen LogP contribution is -2.11. The Hall–Kier alpha value is -2.13. The van der Waals surface area contributed by atoms with Crippen molar-refractivity contribution in [3.63, 3.8) is 0 Å². The van der Waals surface area contributed by atoms with E-state index in [1.807, 2.05) is 6.07 Å². The van der Waals surface area contributed by atoms with Gasteiger partial charge in [-0.3, -0.25) is 10.1 Å². The number of non-ortho nitro benzene ring substituents is 1. The number of hydrogen-bond acceptors (Lipinski definition) is 5. The maximum absolute atomic E-state index is 10.6. The van der Waals surface area contributed by atoms with E-state index >= 15 is 0 Å². The molecule has 1 rings (SSSR count). The molecule has 6 heteroatoms. The van der Waals surface area contributed by atoms with Crippen LogP contribution in [0.3, 0.4) is 0 Å². The zero-order valence-electron chi connectivity index (χ0n) is 8.71. The zero-order chi connectivity index (χ0) is 12.1. The Labute approximate surface area is 92.4 Å². The molecule has 0 saturated heterocycles. The summed E-state index contributed by atoms with van der Waals surface area (Å²) in [5, 5.41) is 19.1. The summed E-state index contributed by atoms with van der Waals surface area (Å²) in [6.07, 6.45) is 0.0809. The summed E-state index contributed by atoms with van der Waals surface area (Å²) in [4.78, 5) is 10.1. The van der Waals surface area contributed by atoms with Crippen molar-refractivity contribution in [3.05, 3.63) is 33.9 Å². The lowest BCUT2D eigenvalue weighted by molar-refractivity contribution is -0.385. The van der Waals surface area contributed by atoms with E-state index in [0.717, 1.165) is 0 Å². The van der Waals surface area contributed by atoms with E-state index in [1.165, 1.54) is 25.3 Å². The van der Waals surface area contributed by atoms with Crippen molar-refractivity contribution >= 4 is 5.69 Å². The number of hydrogen-bond donors (Lipinski definition) is 1. The smallest absolute Gasteiger partial charge is 0.270 e. The Morgan fingerprint density at radius 2 is 2.38 bits per heavy atom. The molecule has 0 spiro atoms. The molecule has 0 unspecified atom stereocenters. The highest BCUT2D eigenvalue weighted by Gasteiger charge is 2.16. The first kappa shape index (κ1) is 11.9. The molecule has 0 radical (unpaired) electrons. The Bertz CT molecular complexity index is 439. The van der Waals surface area contributed by atoms with Crippen LogP contribution in [0.1, 0.15) is 18.0 Å². The van der Waals surface area contributed by atoms with Crippen LogP contribution in [-0.4, -0.2) is 12.0 Å². The first-order chi connectivity index (χ1) is 7.60. The molecule has 0 saturated carbocycles. The molecule has 0 aliphatic heterocycles. The second kappa shape index (κ2) is 5.09. The van der Waals surface area contributed by atoms with Gasteiger partial charge >= 0.3 is 0 Å². The van der Waals surface area contributed by atoms with Crippen LogP contribution in [0.5, 0.6) is 5.75 Å². The third-order valence-electron chi connectivity index (χ3n) is 2.13. The topological polar surface area (TPSA) is 102 Å². The molecule has 1 aromatic carbocycles. The summed E-state index contributed by atoms with van der Waals surface area (Å²) in [5.41, 5.74) is 6.13. The highest BCUT2D eigenvalue weighted by Crippen LogP contribution is 2.29. The number of nitro benzene ring substituents is 1. The largest absolute Gasteiger partial charge is 0.496 e. The first-order valence-electron chi connectivity index (χ1n) is 4.55. The number of ether oxygens (including phenoxy) is 1. The molecule has 6 nitrogen and oxygen atoms in total. The lowest BCUT2D eigenvalue weighted by atomic mass is 10.0. The van der Waals surface area contributed by atoms with Gasteiger partial charge in [-0.1, -0.05) is 0 Å². The molecule has 0 heterocycles. The third kappa shape index (κ3) is 2.46. The van der Waals surface area contributed by atoms with Gasteiger partial charge < -0.3 is 10.5 Å². The molecule has 2 N–H and O–H groups in total. The molecule has 16 heavy (non-hydrogen) atoms. The number of nitrogens with zero attached hydrogens (tertiary/aromatic N) is 2. The minimum atomic E-state index is -0.583. The molecule has 0 aromatic heterocycles. The van der Waals surface area contributed by atoms with Gasteiger partial charge in [-0.15, -0.1) is 0 Å². The van der Waals surface area contributed by atoms with Crippen molar-refractivity contribution in [2.75, 3.05) is 7.11 Å². The van der Waals surface area contributed by atoms with Crippen molar-refractivity contribution in [3.8, 4) is 11.8 Å². The fraction of sp³-hybridized carbons (Fsp3) is 0.300. The van der Waals surface area contributed by atoms with Crippen LogP contribution in [0, 0.1) is 21.4 Å². The molecule has 0 aliphatic rings. The van der Waals surface area contributed by atoms with Gasteiger partial charge in [0.25, 0.3) is 5.69 Å². The van der Waals surface area contributed by atoms with E-state index < -0.39 is 11.0 Å². The molecule has 1 aromatic rings. The van der Waals surface area contributed by atoms with Crippen LogP contribution in [0.2, 0.25) is 0 Å². The van der Waals surface area contributed by atoms with Crippen LogP contribution >= 0.6 is 0 Å². The summed E-state index contributed by atoms with van der Waals surface area (Å²) in [5.74, 6) is 0.452. The maximum atomic E-state index is 10.6. The second-order valence-corrected chi connectivity index (χ2v) is 3.15. The van der Waals surface area contributed by atoms with Crippen LogP contribution in [0.15, 0.2) is 18.2 Å². The van der Waals surface area contributed by atoms with Crippen molar-refractivity contribution in [1.29, 1.82) is 5.26 Å². The van der Waals surface area contributed by atoms with Gasteiger partial charge in [-0.25, -0.2) is 0 Å². The predicted octanol–water partition coefficient (Wildman–Crippen LogP) is 1.52. The number of nitriles is 1. The lowest BCUT2D eigenvalue weighted by Gasteiger charge is -2.12. The third-order valence-corrected chi connectivity index (χ3v) is 2.13. The molecule has 0 bridgehead atoms. The van der Waals surface area contributed by atoms with E-state index in [4.69, 9.17) is 15.7 Å². The Morgan fingerprint density at radius 3 is 2.88 bits per heavy atom. The minimum absolute atomic E-state index is 0.0656. The van der Waals surface area contributed by atoms with Gasteiger partial charge in [0.1, 0.15) is 5.75 Å². The van der Waals surface area contributed by atoms with Crippen LogP contribution in [0.4, 0.5) is 5.69 Å². The number of nitrogens with two attached hydrogens (primary N) is 1. The van der Waals surface area contributed by atoms with E-state index in [2.05, 4.69) is 0 Å². The summed E-state index contributed by atoms with van der Waals surface area (Å²) in [7, 11) is 1.45. The SMILES string of the molecule is COc1ccc([N+](=O)[O-])cc1[C@@H](N)CC#N. The van der Waals surface area contributed by atoms with Crippen LogP contribution in [0.25, 0.3) is 0 Å². The monoisotopic (exact) mass is 221 g/mol. The van der Waals surface area contributed by atoms with E-state index in [0.29, 0.717) is 11.3 Å². The summed E-state index contributed by atoms with van der Waals surface area (Å²) in [6.45, 7) is 0. The van der Waals surface area contributed by atoms with Gasteiger partial charge in [0.05, 0.1) is 24.5 Å². The Morgan fingerprint density at radius 1 is 1.69 bits per heavy atom. The molecular formula is C10H11N3O3. The summed E-state index contributed by atoms with van der Waals surface area (Å²) in [6, 6.07) is 5.48. The van der Waals surface area contributed by atoms with E-state index in [-0.39, 0.29) is 12.1 Å². The molecule has 1 atom stereocenters. The highest BCUT2D eigenvalue weighted by molar-refractivity contribution is 5.45. The van der Waals surface area contributed by atoms with E-state index in [9.17, 15) is 10.1 Å². The number of methoxy groups -OCH3 is 1. The fourth-order valence-electron chi connectivity index (χ4n) is 1.33. The molecular weight excluding hydrogens is 210 g/mol. The normalized spacial score (nSPS) is 11.6. The molecule has 84 valence electrons. The van der Waals surface area contributed by atoms with Gasteiger partial charge in [0, 0.05) is 23.7 Å². The Kier molecular flexibility index (Phi) is 3.80.